The Morgan fingerprint density at radius 2 is 2.00 bits per heavy atom. The molecule has 1 saturated carbocycles. The van der Waals surface area contributed by atoms with Gasteiger partial charge in [-0.25, -0.2) is 0 Å². The molecule has 1 fully saturated rings. The summed E-state index contributed by atoms with van der Waals surface area (Å²) in [5.41, 5.74) is 2.65. The van der Waals surface area contributed by atoms with Crippen LogP contribution < -0.4 is 10.2 Å². The number of halogens is 1. The number of anilines is 1. The van der Waals surface area contributed by atoms with Gasteiger partial charge in [0, 0.05) is 22.4 Å². The van der Waals surface area contributed by atoms with Gasteiger partial charge >= 0.3 is 0 Å². The zero-order valence-electron chi connectivity index (χ0n) is 14.7. The molecule has 136 valence electrons. The maximum atomic E-state index is 13.2. The molecular weight excluding hydrogens is 394 g/mol. The third-order valence-electron chi connectivity index (χ3n) is 5.35. The van der Waals surface area contributed by atoms with Crippen LogP contribution >= 0.6 is 15.9 Å². The van der Waals surface area contributed by atoms with Crippen LogP contribution in [0.15, 0.2) is 41.0 Å². The molecular formula is C20H22BrN3O2. The lowest BCUT2D eigenvalue weighted by Crippen LogP contribution is -2.50. The summed E-state index contributed by atoms with van der Waals surface area (Å²) in [6.07, 6.45) is 6.21. The number of amides is 2. The lowest BCUT2D eigenvalue weighted by Gasteiger charge is -2.36. The number of hydrogen-bond acceptors (Lipinski definition) is 2. The van der Waals surface area contributed by atoms with Gasteiger partial charge in [0.2, 0.25) is 11.8 Å². The number of hydrogen-bond donors (Lipinski definition) is 1. The zero-order chi connectivity index (χ0) is 18.3. The first kappa shape index (κ1) is 17.3. The van der Waals surface area contributed by atoms with Crippen LogP contribution in [0, 0.1) is 6.92 Å². The number of aryl methyl sites for hydroxylation is 1. The van der Waals surface area contributed by atoms with Gasteiger partial charge in [-0.2, -0.15) is 0 Å². The monoisotopic (exact) mass is 415 g/mol. The summed E-state index contributed by atoms with van der Waals surface area (Å²) in [6, 6.07) is 9.19. The molecule has 2 aromatic rings. The van der Waals surface area contributed by atoms with Crippen molar-refractivity contribution in [3.05, 3.63) is 52.3 Å². The molecule has 1 aliphatic carbocycles. The van der Waals surface area contributed by atoms with Crippen LogP contribution in [0.3, 0.4) is 0 Å². The van der Waals surface area contributed by atoms with Gasteiger partial charge in [-0.1, -0.05) is 28.8 Å². The highest BCUT2D eigenvalue weighted by Gasteiger charge is 2.39. The normalized spacial score (nSPS) is 20.3. The Morgan fingerprint density at radius 1 is 1.23 bits per heavy atom. The van der Waals surface area contributed by atoms with Crippen molar-refractivity contribution in [2.45, 2.75) is 51.2 Å². The van der Waals surface area contributed by atoms with Crippen molar-refractivity contribution < 1.29 is 9.59 Å². The summed E-state index contributed by atoms with van der Waals surface area (Å²) in [7, 11) is 0. The molecule has 1 aliphatic heterocycles. The standard InChI is InChI=1S/C20H22BrN3O2/c1-13-11-15(8-9-16(13)21)24-18(25)12-23-10-4-7-17(23)19(24)20(26)22-14-5-2-3-6-14/h4,7-11,14,19H,2-3,5-6,12H2,1H3,(H,22,26)/t19-/m0/s1. The summed E-state index contributed by atoms with van der Waals surface area (Å²) in [5.74, 6) is -0.160. The van der Waals surface area contributed by atoms with Crippen LogP contribution in [0.4, 0.5) is 5.69 Å². The second kappa shape index (κ2) is 6.91. The molecule has 1 N–H and O–H groups in total. The summed E-state index contributed by atoms with van der Waals surface area (Å²) >= 11 is 3.50. The van der Waals surface area contributed by atoms with Crippen LogP contribution in [0.25, 0.3) is 0 Å². The summed E-state index contributed by atoms with van der Waals surface area (Å²) < 4.78 is 2.87. The molecule has 0 spiro atoms. The smallest absolute Gasteiger partial charge is 0.249 e. The number of fused-ring (bicyclic) bond motifs is 1. The van der Waals surface area contributed by atoms with Crippen LogP contribution in [-0.4, -0.2) is 22.4 Å². The van der Waals surface area contributed by atoms with E-state index in [1.807, 2.05) is 48.0 Å². The van der Waals surface area contributed by atoms with E-state index in [1.54, 1.807) is 4.90 Å². The molecule has 1 aromatic heterocycles. The Labute approximate surface area is 161 Å². The van der Waals surface area contributed by atoms with Crippen LogP contribution in [0.2, 0.25) is 0 Å². The largest absolute Gasteiger partial charge is 0.351 e. The topological polar surface area (TPSA) is 54.3 Å². The van der Waals surface area contributed by atoms with Crippen LogP contribution in [0.1, 0.15) is 43.0 Å². The fourth-order valence-electron chi connectivity index (χ4n) is 3.99. The first-order valence-corrected chi connectivity index (χ1v) is 9.87. The van der Waals surface area contributed by atoms with Crippen molar-refractivity contribution >= 4 is 33.4 Å². The van der Waals surface area contributed by atoms with E-state index in [4.69, 9.17) is 0 Å². The van der Waals surface area contributed by atoms with Crippen LogP contribution in [0.5, 0.6) is 0 Å². The van der Waals surface area contributed by atoms with Crippen molar-refractivity contribution in [2.24, 2.45) is 0 Å². The van der Waals surface area contributed by atoms with Crippen molar-refractivity contribution in [3.8, 4) is 0 Å². The average Bonchev–Trinajstić information content (AvgIpc) is 3.27. The van der Waals surface area contributed by atoms with Crippen LogP contribution in [-0.2, 0) is 16.1 Å². The molecule has 2 heterocycles. The molecule has 4 rings (SSSR count). The number of carbonyl (C=O) groups is 2. The average molecular weight is 416 g/mol. The molecule has 5 nitrogen and oxygen atoms in total. The van der Waals surface area contributed by atoms with E-state index in [0.29, 0.717) is 0 Å². The lowest BCUT2D eigenvalue weighted by atomic mass is 10.0. The second-order valence-corrected chi connectivity index (χ2v) is 8.01. The molecule has 1 atom stereocenters. The third kappa shape index (κ3) is 3.07. The van der Waals surface area contributed by atoms with Crippen molar-refractivity contribution in [1.29, 1.82) is 0 Å². The van der Waals surface area contributed by atoms with Gasteiger partial charge in [-0.15, -0.1) is 0 Å². The predicted octanol–water partition coefficient (Wildman–Crippen LogP) is 3.71. The minimum absolute atomic E-state index is 0.0676. The maximum Gasteiger partial charge on any atom is 0.249 e. The van der Waals surface area contributed by atoms with E-state index in [0.717, 1.165) is 47.1 Å². The number of aromatic nitrogens is 1. The van der Waals surface area contributed by atoms with Crippen molar-refractivity contribution in [1.82, 2.24) is 9.88 Å². The van der Waals surface area contributed by atoms with E-state index < -0.39 is 6.04 Å². The van der Waals surface area contributed by atoms with Gasteiger partial charge in [0.15, 0.2) is 6.04 Å². The third-order valence-corrected chi connectivity index (χ3v) is 6.24. The highest BCUT2D eigenvalue weighted by atomic mass is 79.9. The fourth-order valence-corrected chi connectivity index (χ4v) is 4.24. The quantitative estimate of drug-likeness (QED) is 0.830. The first-order valence-electron chi connectivity index (χ1n) is 9.08. The number of nitrogens with one attached hydrogen (secondary N) is 1. The van der Waals surface area contributed by atoms with E-state index in [-0.39, 0.29) is 24.4 Å². The van der Waals surface area contributed by atoms with Gasteiger partial charge in [0.1, 0.15) is 6.54 Å². The number of nitrogens with zero attached hydrogens (tertiary/aromatic N) is 2. The molecule has 0 saturated heterocycles. The Balaban J connectivity index is 1.73. The van der Waals surface area contributed by atoms with Gasteiger partial charge in [0.05, 0.1) is 5.69 Å². The van der Waals surface area contributed by atoms with Gasteiger partial charge in [0.25, 0.3) is 0 Å². The molecule has 2 amide bonds. The molecule has 0 radical (unpaired) electrons. The highest BCUT2D eigenvalue weighted by molar-refractivity contribution is 9.10. The number of benzene rings is 1. The second-order valence-electron chi connectivity index (χ2n) is 7.15. The highest BCUT2D eigenvalue weighted by Crippen LogP contribution is 2.34. The molecule has 0 unspecified atom stereocenters. The fraction of sp³-hybridized carbons (Fsp3) is 0.400. The lowest BCUT2D eigenvalue weighted by molar-refractivity contribution is -0.128. The zero-order valence-corrected chi connectivity index (χ0v) is 16.3. The van der Waals surface area contributed by atoms with Crippen molar-refractivity contribution in [2.75, 3.05) is 4.90 Å². The minimum Gasteiger partial charge on any atom is -0.351 e. The summed E-state index contributed by atoms with van der Waals surface area (Å²) in [6.45, 7) is 2.24. The minimum atomic E-state index is -0.632. The molecule has 0 bridgehead atoms. The number of carbonyl (C=O) groups excluding carboxylic acids is 2. The SMILES string of the molecule is Cc1cc(N2C(=O)Cn3cccc3[C@H]2C(=O)NC2CCCC2)ccc1Br. The maximum absolute atomic E-state index is 13.2. The molecule has 6 heteroatoms. The first-order chi connectivity index (χ1) is 12.5. The van der Waals surface area contributed by atoms with Crippen molar-refractivity contribution in [3.63, 3.8) is 0 Å². The Hall–Kier alpha value is -2.08. The predicted molar refractivity (Wildman–Crippen MR) is 104 cm³/mol. The molecule has 26 heavy (non-hydrogen) atoms. The molecule has 1 aromatic carbocycles. The van der Waals surface area contributed by atoms with Gasteiger partial charge in [-0.05, 0) is 55.7 Å². The summed E-state index contributed by atoms with van der Waals surface area (Å²) in [4.78, 5) is 27.7. The number of rotatable bonds is 3. The summed E-state index contributed by atoms with van der Waals surface area (Å²) in [5, 5.41) is 3.17. The van der Waals surface area contributed by atoms with Gasteiger partial charge < -0.3 is 9.88 Å². The van der Waals surface area contributed by atoms with Gasteiger partial charge in [-0.3, -0.25) is 14.5 Å². The van der Waals surface area contributed by atoms with E-state index in [2.05, 4.69) is 21.2 Å². The van der Waals surface area contributed by atoms with E-state index in [1.165, 1.54) is 0 Å². The molecule has 2 aliphatic rings. The van der Waals surface area contributed by atoms with E-state index in [9.17, 15) is 9.59 Å². The Kier molecular flexibility index (Phi) is 4.61. The van der Waals surface area contributed by atoms with E-state index >= 15 is 0 Å². The Morgan fingerprint density at radius 3 is 2.73 bits per heavy atom. The Bertz CT molecular complexity index is 854.